The Kier molecular flexibility index (Phi) is 6.08. The molecular weight excluding hydrogens is 472 g/mol. The van der Waals surface area contributed by atoms with Crippen LogP contribution in [0.2, 0.25) is 0 Å². The van der Waals surface area contributed by atoms with Gasteiger partial charge in [-0.3, -0.25) is 9.69 Å². The van der Waals surface area contributed by atoms with Crippen LogP contribution in [0.5, 0.6) is 0 Å². The molecular formula is C20H15BrN4O2S2. The molecule has 0 saturated heterocycles. The first-order chi connectivity index (χ1) is 14.1. The van der Waals surface area contributed by atoms with E-state index in [0.29, 0.717) is 22.0 Å². The molecule has 0 N–H and O–H groups in total. The van der Waals surface area contributed by atoms with E-state index in [1.807, 2.05) is 60.0 Å². The second-order valence-corrected chi connectivity index (χ2v) is 8.66. The van der Waals surface area contributed by atoms with Gasteiger partial charge in [0.2, 0.25) is 11.8 Å². The number of carbonyl (C=O) groups is 1. The first-order valence-electron chi connectivity index (χ1n) is 8.62. The van der Waals surface area contributed by atoms with Crippen LogP contribution in [0.1, 0.15) is 12.6 Å². The van der Waals surface area contributed by atoms with Gasteiger partial charge in [-0.1, -0.05) is 45.9 Å². The molecule has 1 amide bonds. The number of nitrogens with zero attached hydrogens (tertiary/aromatic N) is 4. The Hall–Kier alpha value is -2.49. The Morgan fingerprint density at radius 2 is 1.90 bits per heavy atom. The third kappa shape index (κ3) is 4.75. The van der Waals surface area contributed by atoms with E-state index in [-0.39, 0.29) is 5.91 Å². The predicted octanol–water partition coefficient (Wildman–Crippen LogP) is 5.93. The fourth-order valence-electron chi connectivity index (χ4n) is 2.58. The highest BCUT2D eigenvalue weighted by Gasteiger charge is 2.18. The van der Waals surface area contributed by atoms with Crippen LogP contribution < -0.4 is 4.90 Å². The van der Waals surface area contributed by atoms with Crippen molar-refractivity contribution in [2.75, 3.05) is 4.90 Å². The third-order valence-corrected chi connectivity index (χ3v) is 6.16. The van der Waals surface area contributed by atoms with Crippen molar-refractivity contribution in [2.45, 2.75) is 17.9 Å². The van der Waals surface area contributed by atoms with E-state index in [1.54, 1.807) is 4.90 Å². The number of halogens is 1. The van der Waals surface area contributed by atoms with Gasteiger partial charge in [0.25, 0.3) is 5.22 Å². The van der Waals surface area contributed by atoms with E-state index >= 15 is 0 Å². The average Bonchev–Trinajstić information content (AvgIpc) is 3.37. The van der Waals surface area contributed by atoms with Gasteiger partial charge in [0.1, 0.15) is 0 Å². The Labute approximate surface area is 184 Å². The molecule has 0 spiro atoms. The molecule has 9 heteroatoms. The van der Waals surface area contributed by atoms with Gasteiger partial charge in [-0.2, -0.15) is 0 Å². The molecule has 2 aromatic heterocycles. The van der Waals surface area contributed by atoms with Crippen LogP contribution in [0, 0.1) is 0 Å². The van der Waals surface area contributed by atoms with Crippen LogP contribution in [0.15, 0.2) is 74.1 Å². The topological polar surface area (TPSA) is 72.1 Å². The highest BCUT2D eigenvalue weighted by Crippen LogP contribution is 2.31. The number of amides is 1. The molecule has 2 heterocycles. The number of thioether (sulfide) groups is 1. The van der Waals surface area contributed by atoms with Crippen LogP contribution >= 0.6 is 39.0 Å². The summed E-state index contributed by atoms with van der Waals surface area (Å²) in [7, 11) is 0. The van der Waals surface area contributed by atoms with E-state index in [1.165, 1.54) is 30.0 Å². The van der Waals surface area contributed by atoms with Gasteiger partial charge in [-0.05, 0) is 36.4 Å². The van der Waals surface area contributed by atoms with Crippen LogP contribution in [-0.4, -0.2) is 21.1 Å². The van der Waals surface area contributed by atoms with Crippen molar-refractivity contribution < 1.29 is 9.21 Å². The van der Waals surface area contributed by atoms with Crippen molar-refractivity contribution in [2.24, 2.45) is 0 Å². The van der Waals surface area contributed by atoms with Gasteiger partial charge in [0.05, 0.1) is 11.4 Å². The smallest absolute Gasteiger partial charge is 0.277 e. The number of hydrogen-bond donors (Lipinski definition) is 0. The number of anilines is 2. The zero-order valence-electron chi connectivity index (χ0n) is 15.3. The lowest BCUT2D eigenvalue weighted by Crippen LogP contribution is -2.22. The molecule has 2 aromatic carbocycles. The van der Waals surface area contributed by atoms with Crippen LogP contribution in [0.25, 0.3) is 11.5 Å². The summed E-state index contributed by atoms with van der Waals surface area (Å²) < 4.78 is 6.72. The second-order valence-electron chi connectivity index (χ2n) is 5.98. The molecule has 0 aliphatic rings. The highest BCUT2D eigenvalue weighted by molar-refractivity contribution is 9.10. The number of aromatic nitrogens is 3. The van der Waals surface area contributed by atoms with Crippen molar-refractivity contribution in [1.29, 1.82) is 0 Å². The predicted molar refractivity (Wildman–Crippen MR) is 118 cm³/mol. The third-order valence-electron chi connectivity index (χ3n) is 3.90. The maximum absolute atomic E-state index is 12.1. The van der Waals surface area contributed by atoms with Gasteiger partial charge in [0.15, 0.2) is 5.13 Å². The summed E-state index contributed by atoms with van der Waals surface area (Å²) in [5.74, 6) is 0.963. The Morgan fingerprint density at radius 3 is 2.62 bits per heavy atom. The van der Waals surface area contributed by atoms with E-state index in [0.717, 1.165) is 21.4 Å². The van der Waals surface area contributed by atoms with E-state index < -0.39 is 0 Å². The minimum atomic E-state index is -0.0826. The highest BCUT2D eigenvalue weighted by atomic mass is 79.9. The van der Waals surface area contributed by atoms with Gasteiger partial charge < -0.3 is 4.42 Å². The quantitative estimate of drug-likeness (QED) is 0.314. The van der Waals surface area contributed by atoms with Crippen molar-refractivity contribution in [1.82, 2.24) is 15.2 Å². The van der Waals surface area contributed by atoms with Crippen molar-refractivity contribution in [3.8, 4) is 11.5 Å². The summed E-state index contributed by atoms with van der Waals surface area (Å²) in [6.45, 7) is 1.53. The second kappa shape index (κ2) is 8.89. The Bertz CT molecular complexity index is 1110. The zero-order chi connectivity index (χ0) is 20.2. The molecule has 29 heavy (non-hydrogen) atoms. The normalized spacial score (nSPS) is 10.8. The number of para-hydroxylation sites is 1. The molecule has 6 nitrogen and oxygen atoms in total. The number of rotatable bonds is 6. The molecule has 0 atom stereocenters. The van der Waals surface area contributed by atoms with Gasteiger partial charge in [-0.25, -0.2) is 4.98 Å². The Balaban J connectivity index is 1.44. The van der Waals surface area contributed by atoms with Crippen molar-refractivity contribution in [3.63, 3.8) is 0 Å². The fourth-order valence-corrected chi connectivity index (χ4v) is 4.49. The van der Waals surface area contributed by atoms with Crippen molar-refractivity contribution >= 4 is 55.8 Å². The minimum absolute atomic E-state index is 0.0826. The molecule has 146 valence electrons. The molecule has 0 unspecified atom stereocenters. The number of carbonyl (C=O) groups excluding carboxylic acids is 1. The molecule has 0 radical (unpaired) electrons. The van der Waals surface area contributed by atoms with E-state index in [9.17, 15) is 4.79 Å². The van der Waals surface area contributed by atoms with Crippen LogP contribution in [-0.2, 0) is 10.5 Å². The molecule has 4 aromatic rings. The first kappa shape index (κ1) is 19.8. The van der Waals surface area contributed by atoms with E-state index in [2.05, 4.69) is 31.1 Å². The molecule has 0 bridgehead atoms. The van der Waals surface area contributed by atoms with Crippen LogP contribution in [0.4, 0.5) is 10.8 Å². The number of hydrogen-bond acceptors (Lipinski definition) is 7. The summed E-state index contributed by atoms with van der Waals surface area (Å²) in [4.78, 5) is 18.4. The van der Waals surface area contributed by atoms with Gasteiger partial charge in [0, 0.05) is 28.1 Å². The monoisotopic (exact) mass is 486 g/mol. The molecule has 0 saturated carbocycles. The largest absolute Gasteiger partial charge is 0.411 e. The van der Waals surface area contributed by atoms with Gasteiger partial charge in [-0.15, -0.1) is 21.5 Å². The fraction of sp³-hybridized carbons (Fsp3) is 0.100. The lowest BCUT2D eigenvalue weighted by atomic mass is 10.2. The summed E-state index contributed by atoms with van der Waals surface area (Å²) in [5, 5.41) is 11.2. The molecule has 0 aliphatic carbocycles. The number of benzene rings is 2. The Morgan fingerprint density at radius 1 is 1.14 bits per heavy atom. The maximum atomic E-state index is 12.1. The summed E-state index contributed by atoms with van der Waals surface area (Å²) in [6, 6.07) is 17.2. The molecule has 4 rings (SSSR count). The van der Waals surface area contributed by atoms with E-state index in [4.69, 9.17) is 4.42 Å². The summed E-state index contributed by atoms with van der Waals surface area (Å²) in [5.41, 5.74) is 2.51. The number of thiazole rings is 1. The lowest BCUT2D eigenvalue weighted by Gasteiger charge is -2.17. The molecule has 0 fully saturated rings. The summed E-state index contributed by atoms with van der Waals surface area (Å²) >= 11 is 6.25. The maximum Gasteiger partial charge on any atom is 0.277 e. The minimum Gasteiger partial charge on any atom is -0.411 e. The SMILES string of the molecule is CC(=O)N(c1ccccc1)c1nc(CSc2nnc(-c3ccc(Br)cc3)o2)cs1. The zero-order valence-corrected chi connectivity index (χ0v) is 18.5. The molecule has 0 aliphatic heterocycles. The van der Waals surface area contributed by atoms with Crippen molar-refractivity contribution in [3.05, 3.63) is 70.1 Å². The van der Waals surface area contributed by atoms with Crippen LogP contribution in [0.3, 0.4) is 0 Å². The van der Waals surface area contributed by atoms with Gasteiger partial charge >= 0.3 is 0 Å². The summed E-state index contributed by atoms with van der Waals surface area (Å²) in [6.07, 6.45) is 0. The first-order valence-corrected chi connectivity index (χ1v) is 11.3. The standard InChI is InChI=1S/C20H15BrN4O2S2/c1-13(26)25(17-5-3-2-4-6-17)19-22-16(11-28-19)12-29-20-24-23-18(27-20)14-7-9-15(21)10-8-14/h2-11H,12H2,1H3. The average molecular weight is 487 g/mol. The lowest BCUT2D eigenvalue weighted by molar-refractivity contribution is -0.115.